The molecule has 0 spiro atoms. The number of phenolic OH excluding ortho intramolecular Hbond substituents is 1. The van der Waals surface area contributed by atoms with E-state index in [2.05, 4.69) is 10.0 Å². The van der Waals surface area contributed by atoms with Crippen LogP contribution >= 0.6 is 11.6 Å². The van der Waals surface area contributed by atoms with Crippen LogP contribution in [0, 0.1) is 17.8 Å². The first-order valence-electron chi connectivity index (χ1n) is 11.2. The molecule has 2 bridgehead atoms. The average molecular weight is 507 g/mol. The van der Waals surface area contributed by atoms with Gasteiger partial charge in [-0.25, -0.2) is 13.2 Å². The zero-order valence-electron chi connectivity index (χ0n) is 18.7. The Kier molecular flexibility index (Phi) is 7.04. The number of amides is 1. The van der Waals surface area contributed by atoms with Crippen LogP contribution in [0.25, 0.3) is 0 Å². The normalized spacial score (nSPS) is 22.2. The Morgan fingerprint density at radius 3 is 2.53 bits per heavy atom. The number of fused-ring (bicyclic) bond motifs is 2. The Bertz CT molecular complexity index is 1180. The number of phenols is 1. The number of hydrogen-bond acceptors (Lipinski definition) is 6. The number of sulfonamides is 1. The lowest BCUT2D eigenvalue weighted by molar-refractivity contribution is -0.125. The van der Waals surface area contributed by atoms with Crippen molar-refractivity contribution < 1.29 is 27.9 Å². The number of carbonyl (C=O) groups excluding carboxylic acids is 2. The highest BCUT2D eigenvalue weighted by molar-refractivity contribution is 7.92. The number of carbonyl (C=O) groups is 2. The Hall–Kier alpha value is -2.78. The summed E-state index contributed by atoms with van der Waals surface area (Å²) in [6.07, 6.45) is 4.82. The van der Waals surface area contributed by atoms with E-state index in [-0.39, 0.29) is 22.2 Å². The second kappa shape index (κ2) is 9.84. The lowest BCUT2D eigenvalue weighted by atomic mass is 9.84. The minimum Gasteiger partial charge on any atom is -0.507 e. The van der Waals surface area contributed by atoms with Crippen molar-refractivity contribution in [1.82, 2.24) is 5.32 Å². The molecule has 10 heteroatoms. The summed E-state index contributed by atoms with van der Waals surface area (Å²) < 4.78 is 32.8. The molecule has 0 aromatic heterocycles. The van der Waals surface area contributed by atoms with E-state index in [0.717, 1.165) is 30.5 Å². The number of nitrogens with one attached hydrogen (secondary N) is 2. The molecule has 34 heavy (non-hydrogen) atoms. The van der Waals surface area contributed by atoms with Crippen LogP contribution in [-0.4, -0.2) is 38.0 Å². The SMILES string of the molecule is C[C@H](NC(=O)COC(=O)c1cc(S(=O)(=O)Nc2ccc(Cl)cc2)ccc1O)[C@H]1C[C@H]2CC[C@H]1C2. The van der Waals surface area contributed by atoms with Crippen molar-refractivity contribution in [2.75, 3.05) is 11.3 Å². The molecule has 182 valence electrons. The third-order valence-corrected chi connectivity index (χ3v) is 8.38. The van der Waals surface area contributed by atoms with Gasteiger partial charge in [0.05, 0.1) is 4.90 Å². The van der Waals surface area contributed by atoms with E-state index < -0.39 is 34.3 Å². The number of rotatable bonds is 8. The highest BCUT2D eigenvalue weighted by atomic mass is 35.5. The van der Waals surface area contributed by atoms with Crippen molar-refractivity contribution >= 4 is 39.2 Å². The summed E-state index contributed by atoms with van der Waals surface area (Å²) in [4.78, 5) is 24.6. The van der Waals surface area contributed by atoms with Crippen LogP contribution in [0.4, 0.5) is 5.69 Å². The van der Waals surface area contributed by atoms with Crippen LogP contribution in [0.5, 0.6) is 5.75 Å². The lowest BCUT2D eigenvalue weighted by Gasteiger charge is -2.28. The molecular weight excluding hydrogens is 480 g/mol. The summed E-state index contributed by atoms with van der Waals surface area (Å²) in [5.41, 5.74) is -0.0733. The minimum absolute atomic E-state index is 0.0117. The summed E-state index contributed by atoms with van der Waals surface area (Å²) in [6.45, 7) is 1.45. The third-order valence-electron chi connectivity index (χ3n) is 6.75. The number of anilines is 1. The maximum atomic E-state index is 12.7. The van der Waals surface area contributed by atoms with Crippen LogP contribution < -0.4 is 10.0 Å². The first-order valence-corrected chi connectivity index (χ1v) is 13.1. The molecule has 2 aliphatic carbocycles. The lowest BCUT2D eigenvalue weighted by Crippen LogP contribution is -2.42. The highest BCUT2D eigenvalue weighted by Gasteiger charge is 2.42. The molecular formula is C24H27ClN2O6S. The predicted octanol–water partition coefficient (Wildman–Crippen LogP) is 3.94. The van der Waals surface area contributed by atoms with Gasteiger partial charge >= 0.3 is 5.97 Å². The summed E-state index contributed by atoms with van der Waals surface area (Å²) >= 11 is 5.82. The van der Waals surface area contributed by atoms with E-state index in [1.54, 1.807) is 0 Å². The average Bonchev–Trinajstić information content (AvgIpc) is 3.43. The molecule has 2 aliphatic rings. The number of aromatic hydroxyl groups is 1. The van der Waals surface area contributed by atoms with Gasteiger partial charge in [0, 0.05) is 16.8 Å². The van der Waals surface area contributed by atoms with Crippen LogP contribution in [0.3, 0.4) is 0 Å². The van der Waals surface area contributed by atoms with Crippen LogP contribution in [-0.2, 0) is 19.6 Å². The zero-order valence-corrected chi connectivity index (χ0v) is 20.2. The van der Waals surface area contributed by atoms with Crippen molar-refractivity contribution in [3.63, 3.8) is 0 Å². The molecule has 2 aromatic rings. The number of halogens is 1. The molecule has 0 aliphatic heterocycles. The smallest absolute Gasteiger partial charge is 0.342 e. The second-order valence-electron chi connectivity index (χ2n) is 9.06. The summed E-state index contributed by atoms with van der Waals surface area (Å²) in [5, 5.41) is 13.4. The molecule has 0 heterocycles. The summed E-state index contributed by atoms with van der Waals surface area (Å²) in [5.74, 6) is -0.0393. The van der Waals surface area contributed by atoms with Gasteiger partial charge in [-0.3, -0.25) is 9.52 Å². The van der Waals surface area contributed by atoms with Gasteiger partial charge < -0.3 is 15.2 Å². The van der Waals surface area contributed by atoms with E-state index in [1.165, 1.54) is 43.5 Å². The van der Waals surface area contributed by atoms with Crippen molar-refractivity contribution in [3.8, 4) is 5.75 Å². The van der Waals surface area contributed by atoms with Gasteiger partial charge in [0.1, 0.15) is 11.3 Å². The van der Waals surface area contributed by atoms with Crippen molar-refractivity contribution in [3.05, 3.63) is 53.1 Å². The van der Waals surface area contributed by atoms with E-state index in [4.69, 9.17) is 16.3 Å². The van der Waals surface area contributed by atoms with Crippen LogP contribution in [0.2, 0.25) is 5.02 Å². The third kappa shape index (κ3) is 5.47. The molecule has 2 aromatic carbocycles. The monoisotopic (exact) mass is 506 g/mol. The first kappa shape index (κ1) is 24.3. The van der Waals surface area contributed by atoms with Gasteiger partial charge in [-0.15, -0.1) is 0 Å². The highest BCUT2D eigenvalue weighted by Crippen LogP contribution is 2.49. The van der Waals surface area contributed by atoms with Crippen LogP contribution in [0.15, 0.2) is 47.4 Å². The van der Waals surface area contributed by atoms with E-state index >= 15 is 0 Å². The largest absolute Gasteiger partial charge is 0.507 e. The van der Waals surface area contributed by atoms with Crippen molar-refractivity contribution in [2.45, 2.75) is 43.5 Å². The van der Waals surface area contributed by atoms with Crippen molar-refractivity contribution in [1.29, 1.82) is 0 Å². The van der Waals surface area contributed by atoms with Gasteiger partial charge in [-0.05, 0) is 86.4 Å². The number of hydrogen-bond donors (Lipinski definition) is 3. The van der Waals surface area contributed by atoms with Gasteiger partial charge in [0.25, 0.3) is 15.9 Å². The fourth-order valence-electron chi connectivity index (χ4n) is 5.10. The number of ether oxygens (including phenoxy) is 1. The Balaban J connectivity index is 1.36. The zero-order chi connectivity index (χ0) is 24.5. The van der Waals surface area contributed by atoms with Gasteiger partial charge in [0.2, 0.25) is 0 Å². The van der Waals surface area contributed by atoms with Gasteiger partial charge in [-0.2, -0.15) is 0 Å². The molecule has 2 saturated carbocycles. The Labute approximate surface area is 203 Å². The standard InChI is InChI=1S/C24H27ClN2O6S/c1-14(20-11-15-2-3-16(20)10-15)26-23(29)13-33-24(30)21-12-19(8-9-22(21)28)34(31,32)27-18-6-4-17(25)5-7-18/h4-9,12,14-16,20,27-28H,2-3,10-11,13H2,1H3,(H,26,29)/t14-,15-,16-,20+/m0/s1. The van der Waals surface area contributed by atoms with E-state index in [9.17, 15) is 23.1 Å². The fourth-order valence-corrected chi connectivity index (χ4v) is 6.31. The van der Waals surface area contributed by atoms with E-state index in [0.29, 0.717) is 16.9 Å². The number of benzene rings is 2. The molecule has 2 fully saturated rings. The second-order valence-corrected chi connectivity index (χ2v) is 11.2. The predicted molar refractivity (Wildman–Crippen MR) is 127 cm³/mol. The molecule has 4 atom stereocenters. The van der Waals surface area contributed by atoms with Gasteiger partial charge in [-0.1, -0.05) is 18.0 Å². The first-order chi connectivity index (χ1) is 16.1. The molecule has 0 radical (unpaired) electrons. The fraction of sp³-hybridized carbons (Fsp3) is 0.417. The molecule has 1 amide bonds. The molecule has 8 nitrogen and oxygen atoms in total. The quantitative estimate of drug-likeness (QED) is 0.466. The topological polar surface area (TPSA) is 122 Å². The Morgan fingerprint density at radius 1 is 1.15 bits per heavy atom. The maximum absolute atomic E-state index is 12.7. The summed E-state index contributed by atoms with van der Waals surface area (Å²) in [6, 6.07) is 9.29. The van der Waals surface area contributed by atoms with Gasteiger partial charge in [0.15, 0.2) is 6.61 Å². The Morgan fingerprint density at radius 2 is 1.88 bits per heavy atom. The molecule has 0 saturated heterocycles. The minimum atomic E-state index is -4.05. The maximum Gasteiger partial charge on any atom is 0.342 e. The molecule has 0 unspecified atom stereocenters. The summed E-state index contributed by atoms with van der Waals surface area (Å²) in [7, 11) is -4.05. The van der Waals surface area contributed by atoms with Crippen LogP contribution in [0.1, 0.15) is 43.0 Å². The van der Waals surface area contributed by atoms with Crippen molar-refractivity contribution in [2.24, 2.45) is 17.8 Å². The number of esters is 1. The molecule has 4 rings (SSSR count). The molecule has 3 N–H and O–H groups in total. The van der Waals surface area contributed by atoms with E-state index in [1.807, 2.05) is 6.92 Å².